The van der Waals surface area contributed by atoms with Crippen molar-refractivity contribution in [1.29, 1.82) is 0 Å². The van der Waals surface area contributed by atoms with E-state index in [1.807, 2.05) is 48.5 Å². The minimum absolute atomic E-state index is 0.0156. The molecule has 4 aliphatic carbocycles. The van der Waals surface area contributed by atoms with Crippen molar-refractivity contribution in [3.05, 3.63) is 48.5 Å². The van der Waals surface area contributed by atoms with E-state index in [1.54, 1.807) is 20.8 Å². The third-order valence-corrected chi connectivity index (χ3v) is 16.1. The van der Waals surface area contributed by atoms with Gasteiger partial charge in [0.1, 0.15) is 5.60 Å². The molecule has 8 fully saturated rings. The quantitative estimate of drug-likeness (QED) is 0.138. The Balaban J connectivity index is 0.893. The summed E-state index contributed by atoms with van der Waals surface area (Å²) in [6, 6.07) is 15.6. The first-order valence-corrected chi connectivity index (χ1v) is 21.7. The molecule has 16 nitrogen and oxygen atoms in total. The number of hydrogen-bond acceptors (Lipinski definition) is 13. The molecule has 8 aliphatic rings. The van der Waals surface area contributed by atoms with Crippen molar-refractivity contribution in [3.63, 3.8) is 0 Å². The Hall–Kier alpha value is -5.64. The third-order valence-electron chi connectivity index (χ3n) is 16.1. The standard InChI is InChI=1S/C46H49N5O11/c1-44(2,3)61-43(58)48-15-17-51-39(54)30-24-19-25(31(30)40(51)55)35-34(24)45(41(56)59-4)32-22-18-23(33(32)46(35,62-45)42(57)60-5)29-28(22)37(52)50(38(29)53)16-14-47-36-20-10-6-8-12-26(20)49-27-13-9-7-11-21(27)36/h6-13,22-25,28-35H,14-19H2,1-5H3,(H,47,49)(H,48,58)/t22-,23+,24+,25-,28-,29+,30+,31-,32-,33+,34+,35-,45-,46+. The summed E-state index contributed by atoms with van der Waals surface area (Å²) in [5, 5.41) is 7.96. The Morgan fingerprint density at radius 2 is 1.08 bits per heavy atom. The molecule has 4 saturated carbocycles. The normalized spacial score (nSPS) is 37.9. The highest BCUT2D eigenvalue weighted by Crippen LogP contribution is 2.83. The van der Waals surface area contributed by atoms with E-state index < -0.39 is 106 Å². The fourth-order valence-corrected chi connectivity index (χ4v) is 14.7. The number of carbonyl (C=O) groups excluding carboxylic acids is 7. The van der Waals surface area contributed by atoms with E-state index in [9.17, 15) is 33.6 Å². The number of esters is 2. The highest BCUT2D eigenvalue weighted by molar-refractivity contribution is 6.09. The van der Waals surface area contributed by atoms with Crippen LogP contribution in [0.15, 0.2) is 48.5 Å². The fraction of sp³-hybridized carbons (Fsp3) is 0.565. The molecule has 6 bridgehead atoms. The number of rotatable bonds is 9. The summed E-state index contributed by atoms with van der Waals surface area (Å²) in [5.41, 5.74) is -1.65. The summed E-state index contributed by atoms with van der Waals surface area (Å²) in [4.78, 5) is 106. The molecule has 2 N–H and O–H groups in total. The van der Waals surface area contributed by atoms with Gasteiger partial charge in [-0.1, -0.05) is 36.4 Å². The van der Waals surface area contributed by atoms with E-state index in [0.29, 0.717) is 12.8 Å². The fourth-order valence-electron chi connectivity index (χ4n) is 14.7. The number of imide groups is 2. The molecule has 62 heavy (non-hydrogen) atoms. The van der Waals surface area contributed by atoms with Crippen LogP contribution in [0.3, 0.4) is 0 Å². The molecule has 11 rings (SSSR count). The van der Waals surface area contributed by atoms with Crippen molar-refractivity contribution >= 4 is 69.2 Å². The molecule has 14 atom stereocenters. The molecule has 4 saturated heterocycles. The Bertz CT molecular complexity index is 2400. The van der Waals surface area contributed by atoms with Crippen LogP contribution in [0.4, 0.5) is 10.5 Å². The molecule has 0 spiro atoms. The second-order valence-electron chi connectivity index (χ2n) is 19.5. The number of fused-ring (bicyclic) bond motifs is 24. The highest BCUT2D eigenvalue weighted by Gasteiger charge is 2.93. The average Bonchev–Trinajstić information content (AvgIpc) is 4.13. The Morgan fingerprint density at radius 1 is 0.677 bits per heavy atom. The number of hydrogen-bond donors (Lipinski definition) is 2. The van der Waals surface area contributed by atoms with Gasteiger partial charge in [0.15, 0.2) is 11.2 Å². The Morgan fingerprint density at radius 3 is 1.48 bits per heavy atom. The maximum absolute atomic E-state index is 14.6. The van der Waals surface area contributed by atoms with Gasteiger partial charge in [0.05, 0.1) is 54.6 Å². The van der Waals surface area contributed by atoms with Crippen molar-refractivity contribution in [2.45, 2.75) is 50.4 Å². The van der Waals surface area contributed by atoms with Crippen molar-refractivity contribution in [1.82, 2.24) is 20.1 Å². The number of alkyl carbamates (subject to hydrolysis) is 1. The number of pyridine rings is 1. The lowest BCUT2D eigenvalue weighted by Gasteiger charge is -2.51. The molecule has 2 aromatic carbocycles. The number of para-hydroxylation sites is 2. The summed E-state index contributed by atoms with van der Waals surface area (Å²) in [7, 11) is 2.54. The van der Waals surface area contributed by atoms with Crippen molar-refractivity contribution in [2.75, 3.05) is 45.7 Å². The zero-order valence-corrected chi connectivity index (χ0v) is 35.1. The number of methoxy groups -OCH3 is 2. The predicted octanol–water partition coefficient (Wildman–Crippen LogP) is 3.16. The number of nitrogens with zero attached hydrogens (tertiary/aromatic N) is 3. The van der Waals surface area contributed by atoms with E-state index in [2.05, 4.69) is 10.6 Å². The minimum atomic E-state index is -1.70. The molecular weight excluding hydrogens is 799 g/mol. The van der Waals surface area contributed by atoms with Crippen LogP contribution in [0.2, 0.25) is 0 Å². The second-order valence-corrected chi connectivity index (χ2v) is 19.5. The number of ether oxygens (including phenoxy) is 4. The lowest BCUT2D eigenvalue weighted by atomic mass is 9.47. The number of nitrogens with one attached hydrogen (secondary N) is 2. The topological polar surface area (TPSA) is 200 Å². The van der Waals surface area contributed by atoms with Crippen molar-refractivity contribution in [3.8, 4) is 0 Å². The van der Waals surface area contributed by atoms with Gasteiger partial charge in [-0.05, 0) is 69.4 Å². The van der Waals surface area contributed by atoms with Crippen LogP contribution in [0.25, 0.3) is 21.8 Å². The van der Waals surface area contributed by atoms with Gasteiger partial charge in [-0.15, -0.1) is 0 Å². The maximum Gasteiger partial charge on any atom is 0.407 e. The third kappa shape index (κ3) is 4.81. The molecule has 0 unspecified atom stereocenters. The van der Waals surface area contributed by atoms with Gasteiger partial charge >= 0.3 is 18.0 Å². The van der Waals surface area contributed by atoms with E-state index in [1.165, 1.54) is 24.0 Å². The average molecular weight is 848 g/mol. The van der Waals surface area contributed by atoms with Crippen LogP contribution in [0.1, 0.15) is 33.6 Å². The molecule has 5 amide bonds. The number of likely N-dealkylation sites (tertiary alicyclic amines) is 2. The van der Waals surface area contributed by atoms with Crippen LogP contribution in [0, 0.1) is 71.0 Å². The van der Waals surface area contributed by atoms with E-state index in [-0.39, 0.29) is 49.8 Å². The van der Waals surface area contributed by atoms with Crippen LogP contribution in [-0.2, 0) is 47.7 Å². The van der Waals surface area contributed by atoms with Crippen molar-refractivity contribution in [2.24, 2.45) is 71.0 Å². The monoisotopic (exact) mass is 847 g/mol. The summed E-state index contributed by atoms with van der Waals surface area (Å²) >= 11 is 0. The predicted molar refractivity (Wildman–Crippen MR) is 217 cm³/mol. The van der Waals surface area contributed by atoms with Gasteiger partial charge in [-0.3, -0.25) is 29.0 Å². The lowest BCUT2D eigenvalue weighted by molar-refractivity contribution is -0.188. The summed E-state index contributed by atoms with van der Waals surface area (Å²) in [6.07, 6.45) is 0.201. The zero-order valence-electron chi connectivity index (χ0n) is 35.1. The van der Waals surface area contributed by atoms with Crippen LogP contribution >= 0.6 is 0 Å². The number of aromatic nitrogens is 1. The van der Waals surface area contributed by atoms with Crippen molar-refractivity contribution < 1.29 is 52.5 Å². The molecule has 5 heterocycles. The summed E-state index contributed by atoms with van der Waals surface area (Å²) in [6.45, 7) is 5.51. The van der Waals surface area contributed by atoms with Crippen LogP contribution in [0.5, 0.6) is 0 Å². The summed E-state index contributed by atoms with van der Waals surface area (Å²) < 4.78 is 23.4. The number of carbonyl (C=O) groups is 7. The van der Waals surface area contributed by atoms with Gasteiger partial charge < -0.3 is 29.6 Å². The highest BCUT2D eigenvalue weighted by atomic mass is 16.6. The first-order chi connectivity index (χ1) is 29.7. The Labute approximate surface area is 356 Å². The minimum Gasteiger partial charge on any atom is -0.467 e. The largest absolute Gasteiger partial charge is 0.467 e. The second kappa shape index (κ2) is 13.2. The molecule has 3 aromatic rings. The van der Waals surface area contributed by atoms with Gasteiger partial charge in [0, 0.05) is 60.6 Å². The van der Waals surface area contributed by atoms with E-state index in [4.69, 9.17) is 23.9 Å². The van der Waals surface area contributed by atoms with Gasteiger partial charge in [0.2, 0.25) is 23.6 Å². The van der Waals surface area contributed by atoms with E-state index >= 15 is 0 Å². The SMILES string of the molecule is COC(=O)[C@]12O[C@](C(=O)OC)([C@@H]3[C@@H]4C[C@@H]([C@@H]5C(=O)N(CCNc6c7ccccc7nc7ccccc67)C(=O)[C@H]45)[C@@H]31)[C@H]1[C@H]3C[C@H]([C@H]4C(=O)N(CCNC(=O)OC(C)(C)C)C(=O)[C@@H]34)[C@H]12. The molecule has 324 valence electrons. The zero-order chi connectivity index (χ0) is 43.4. The lowest BCUT2D eigenvalue weighted by Crippen LogP contribution is -2.64. The summed E-state index contributed by atoms with van der Waals surface area (Å²) in [5.74, 6) is -10.3. The molecular formula is C46H49N5O11. The van der Waals surface area contributed by atoms with Crippen LogP contribution < -0.4 is 10.6 Å². The molecule has 0 radical (unpaired) electrons. The first kappa shape index (κ1) is 39.2. The molecule has 1 aromatic heterocycles. The maximum atomic E-state index is 14.6. The number of benzene rings is 2. The van der Waals surface area contributed by atoms with Gasteiger partial charge in [-0.2, -0.15) is 0 Å². The molecule has 16 heteroatoms. The first-order valence-electron chi connectivity index (χ1n) is 21.7. The molecule has 4 aliphatic heterocycles. The van der Waals surface area contributed by atoms with Gasteiger partial charge in [0.25, 0.3) is 0 Å². The van der Waals surface area contributed by atoms with Gasteiger partial charge in [-0.25, -0.2) is 19.4 Å². The number of anilines is 1. The Kier molecular flexibility index (Phi) is 8.35. The van der Waals surface area contributed by atoms with E-state index in [0.717, 1.165) is 27.5 Å². The number of amides is 5. The smallest absolute Gasteiger partial charge is 0.407 e. The van der Waals surface area contributed by atoms with Crippen LogP contribution in [-0.4, -0.2) is 114 Å².